The monoisotopic (exact) mass is 302 g/mol. The molecule has 2 atom stereocenters. The third-order valence-electron chi connectivity index (χ3n) is 2.45. The maximum atomic E-state index is 11.6. The van der Waals surface area contributed by atoms with Gasteiger partial charge in [-0.25, -0.2) is 0 Å². The van der Waals surface area contributed by atoms with E-state index >= 15 is 0 Å². The molecule has 7 nitrogen and oxygen atoms in total. The summed E-state index contributed by atoms with van der Waals surface area (Å²) < 4.78 is 10.2. The topological polar surface area (TPSA) is 122 Å². The first-order valence-electron chi connectivity index (χ1n) is 6.93. The number of hydrogen-bond donors (Lipinski definition) is 2. The van der Waals surface area contributed by atoms with Gasteiger partial charge in [-0.2, -0.15) is 0 Å². The van der Waals surface area contributed by atoms with Gasteiger partial charge in [-0.3, -0.25) is 14.4 Å². The van der Waals surface area contributed by atoms with Crippen molar-refractivity contribution in [3.8, 4) is 0 Å². The molecule has 0 aromatic carbocycles. The second-order valence-electron chi connectivity index (χ2n) is 6.14. The Bertz CT molecular complexity index is 376. The molecule has 0 aliphatic heterocycles. The normalized spacial score (nSPS) is 14.1. The summed E-state index contributed by atoms with van der Waals surface area (Å²) >= 11 is 0. The van der Waals surface area contributed by atoms with Crippen molar-refractivity contribution in [2.45, 2.75) is 58.6 Å². The summed E-state index contributed by atoms with van der Waals surface area (Å²) in [6.45, 7) is 7.20. The van der Waals surface area contributed by atoms with E-state index in [2.05, 4.69) is 0 Å². The summed E-state index contributed by atoms with van der Waals surface area (Å²) in [5.41, 5.74) is 10.00. The van der Waals surface area contributed by atoms with E-state index in [1.165, 1.54) is 0 Å². The van der Waals surface area contributed by atoms with Crippen LogP contribution < -0.4 is 11.5 Å². The maximum Gasteiger partial charge on any atom is 0.322 e. The average Bonchev–Trinajstić information content (AvgIpc) is 2.30. The Labute approximate surface area is 125 Å². The minimum Gasteiger partial charge on any atom is -0.464 e. The van der Waals surface area contributed by atoms with Crippen molar-refractivity contribution in [2.75, 3.05) is 6.61 Å². The molecular formula is C14H26N2O5. The SMILES string of the molecule is CC(COC(=O)[C@@H](N)CCC(N)=O)CC(=O)OC(C)(C)C. The first-order chi connectivity index (χ1) is 9.51. The zero-order valence-corrected chi connectivity index (χ0v) is 13.2. The lowest BCUT2D eigenvalue weighted by Gasteiger charge is -2.21. The highest BCUT2D eigenvalue weighted by atomic mass is 16.6. The fourth-order valence-electron chi connectivity index (χ4n) is 1.47. The van der Waals surface area contributed by atoms with E-state index in [0.717, 1.165) is 0 Å². The first kappa shape index (κ1) is 19.4. The number of carbonyl (C=O) groups excluding carboxylic acids is 3. The van der Waals surface area contributed by atoms with Crippen molar-refractivity contribution >= 4 is 17.8 Å². The quantitative estimate of drug-likeness (QED) is 0.629. The van der Waals surface area contributed by atoms with Gasteiger partial charge in [0.1, 0.15) is 11.6 Å². The molecule has 0 aromatic rings. The van der Waals surface area contributed by atoms with Gasteiger partial charge < -0.3 is 20.9 Å². The lowest BCUT2D eigenvalue weighted by Crippen LogP contribution is -2.34. The number of hydrogen-bond acceptors (Lipinski definition) is 6. The molecule has 122 valence electrons. The summed E-state index contributed by atoms with van der Waals surface area (Å²) in [5, 5.41) is 0. The van der Waals surface area contributed by atoms with Crippen molar-refractivity contribution < 1.29 is 23.9 Å². The Morgan fingerprint density at radius 3 is 2.24 bits per heavy atom. The number of primary amides is 1. The van der Waals surface area contributed by atoms with E-state index in [4.69, 9.17) is 20.9 Å². The summed E-state index contributed by atoms with van der Waals surface area (Å²) in [6, 6.07) is -0.883. The van der Waals surface area contributed by atoms with Gasteiger partial charge in [0.2, 0.25) is 5.91 Å². The molecule has 1 unspecified atom stereocenters. The third-order valence-corrected chi connectivity index (χ3v) is 2.45. The minimum atomic E-state index is -0.883. The molecule has 0 bridgehead atoms. The van der Waals surface area contributed by atoms with E-state index in [-0.39, 0.29) is 37.8 Å². The molecule has 0 heterocycles. The number of amides is 1. The largest absolute Gasteiger partial charge is 0.464 e. The Hall–Kier alpha value is -1.63. The van der Waals surface area contributed by atoms with Crippen LogP contribution in [-0.4, -0.2) is 36.1 Å². The Balaban J connectivity index is 4.01. The highest BCUT2D eigenvalue weighted by Gasteiger charge is 2.21. The van der Waals surface area contributed by atoms with Crippen LogP contribution in [0.3, 0.4) is 0 Å². The van der Waals surface area contributed by atoms with E-state index in [1.54, 1.807) is 27.7 Å². The Morgan fingerprint density at radius 2 is 1.76 bits per heavy atom. The molecule has 4 N–H and O–H groups in total. The van der Waals surface area contributed by atoms with Crippen LogP contribution in [0, 0.1) is 5.92 Å². The van der Waals surface area contributed by atoms with Crippen LogP contribution in [0.15, 0.2) is 0 Å². The van der Waals surface area contributed by atoms with Crippen molar-refractivity contribution in [3.05, 3.63) is 0 Å². The molecule has 21 heavy (non-hydrogen) atoms. The molecule has 0 aliphatic carbocycles. The predicted octanol–water partition coefficient (Wildman–Crippen LogP) is 0.490. The third kappa shape index (κ3) is 10.8. The van der Waals surface area contributed by atoms with Crippen molar-refractivity contribution in [1.82, 2.24) is 0 Å². The van der Waals surface area contributed by atoms with E-state index in [1.807, 2.05) is 0 Å². The van der Waals surface area contributed by atoms with Crippen molar-refractivity contribution in [3.63, 3.8) is 0 Å². The van der Waals surface area contributed by atoms with Gasteiger partial charge in [0.15, 0.2) is 0 Å². The van der Waals surface area contributed by atoms with Crippen LogP contribution in [0.5, 0.6) is 0 Å². The van der Waals surface area contributed by atoms with E-state index in [9.17, 15) is 14.4 Å². The fourth-order valence-corrected chi connectivity index (χ4v) is 1.47. The molecule has 0 fully saturated rings. The van der Waals surface area contributed by atoms with Gasteiger partial charge in [-0.05, 0) is 27.2 Å². The van der Waals surface area contributed by atoms with E-state index in [0.29, 0.717) is 0 Å². The molecule has 0 saturated carbocycles. The maximum absolute atomic E-state index is 11.6. The highest BCUT2D eigenvalue weighted by molar-refractivity contribution is 5.78. The van der Waals surface area contributed by atoms with Gasteiger partial charge in [0, 0.05) is 12.3 Å². The highest BCUT2D eigenvalue weighted by Crippen LogP contribution is 2.12. The lowest BCUT2D eigenvalue weighted by atomic mass is 10.1. The van der Waals surface area contributed by atoms with Gasteiger partial charge in [-0.1, -0.05) is 6.92 Å². The smallest absolute Gasteiger partial charge is 0.322 e. The molecule has 7 heteroatoms. The van der Waals surface area contributed by atoms with Gasteiger partial charge in [0.25, 0.3) is 0 Å². The summed E-state index contributed by atoms with van der Waals surface area (Å²) in [7, 11) is 0. The lowest BCUT2D eigenvalue weighted by molar-refractivity contribution is -0.158. The standard InChI is InChI=1S/C14H26N2O5/c1-9(7-12(18)21-14(2,3)4)8-20-13(19)10(15)5-6-11(16)17/h9-10H,5-8,15H2,1-4H3,(H2,16,17)/t9?,10-/m0/s1. The molecule has 0 rings (SSSR count). The van der Waals surface area contributed by atoms with Crippen molar-refractivity contribution in [2.24, 2.45) is 17.4 Å². The van der Waals surface area contributed by atoms with Crippen LogP contribution in [0.25, 0.3) is 0 Å². The summed E-state index contributed by atoms with van der Waals surface area (Å²) in [4.78, 5) is 33.7. The zero-order chi connectivity index (χ0) is 16.6. The van der Waals surface area contributed by atoms with E-state index < -0.39 is 23.5 Å². The Kier molecular flexibility index (Phi) is 7.94. The summed E-state index contributed by atoms with van der Waals surface area (Å²) in [6.07, 6.45) is 0.333. The summed E-state index contributed by atoms with van der Waals surface area (Å²) in [5.74, 6) is -1.64. The van der Waals surface area contributed by atoms with Gasteiger partial charge >= 0.3 is 11.9 Å². The second kappa shape index (κ2) is 8.61. The van der Waals surface area contributed by atoms with Crippen LogP contribution in [0.4, 0.5) is 0 Å². The van der Waals surface area contributed by atoms with Crippen LogP contribution >= 0.6 is 0 Å². The van der Waals surface area contributed by atoms with Gasteiger partial charge in [-0.15, -0.1) is 0 Å². The fraction of sp³-hybridized carbons (Fsp3) is 0.786. The molecular weight excluding hydrogens is 276 g/mol. The van der Waals surface area contributed by atoms with Crippen molar-refractivity contribution in [1.29, 1.82) is 0 Å². The molecule has 0 saturated heterocycles. The predicted molar refractivity (Wildman–Crippen MR) is 77.0 cm³/mol. The molecule has 0 radical (unpaired) electrons. The second-order valence-corrected chi connectivity index (χ2v) is 6.14. The number of rotatable bonds is 8. The van der Waals surface area contributed by atoms with Gasteiger partial charge in [0.05, 0.1) is 13.0 Å². The number of nitrogens with two attached hydrogens (primary N) is 2. The number of ether oxygens (including phenoxy) is 2. The Morgan fingerprint density at radius 1 is 1.19 bits per heavy atom. The first-order valence-corrected chi connectivity index (χ1v) is 6.93. The molecule has 0 aromatic heterocycles. The molecule has 1 amide bonds. The zero-order valence-electron chi connectivity index (χ0n) is 13.2. The molecule has 0 spiro atoms. The minimum absolute atomic E-state index is 0.0315. The van der Waals surface area contributed by atoms with Crippen LogP contribution in [0.1, 0.15) is 47.0 Å². The van der Waals surface area contributed by atoms with Crippen LogP contribution in [-0.2, 0) is 23.9 Å². The van der Waals surface area contributed by atoms with Crippen LogP contribution in [0.2, 0.25) is 0 Å². The molecule has 0 aliphatic rings. The average molecular weight is 302 g/mol. The number of carbonyl (C=O) groups is 3. The number of esters is 2.